The van der Waals surface area contributed by atoms with Crippen LogP contribution in [-0.4, -0.2) is 53.2 Å². The van der Waals surface area contributed by atoms with Gasteiger partial charge in [0.2, 0.25) is 0 Å². The van der Waals surface area contributed by atoms with E-state index in [0.29, 0.717) is 11.6 Å². The Morgan fingerprint density at radius 1 is 1.38 bits per heavy atom. The van der Waals surface area contributed by atoms with E-state index in [9.17, 15) is 9.90 Å². The number of aliphatic hydroxyl groups is 1. The minimum absolute atomic E-state index is 0.156. The van der Waals surface area contributed by atoms with Gasteiger partial charge >= 0.3 is 0 Å². The summed E-state index contributed by atoms with van der Waals surface area (Å²) in [6.45, 7) is 3.29. The molecule has 2 N–H and O–H groups in total. The molecule has 0 radical (unpaired) electrons. The summed E-state index contributed by atoms with van der Waals surface area (Å²) in [6.07, 6.45) is 2.35. The van der Waals surface area contributed by atoms with E-state index >= 15 is 0 Å². The molecule has 0 bridgehead atoms. The third-order valence-corrected chi connectivity index (χ3v) is 4.04. The van der Waals surface area contributed by atoms with Crippen molar-refractivity contribution in [3.05, 3.63) is 28.0 Å². The van der Waals surface area contributed by atoms with E-state index in [1.54, 1.807) is 12.1 Å². The van der Waals surface area contributed by atoms with E-state index in [4.69, 9.17) is 23.2 Å². The molecule has 0 unspecified atom stereocenters. The molecule has 2 rings (SSSR count). The van der Waals surface area contributed by atoms with Crippen molar-refractivity contribution < 1.29 is 9.90 Å². The summed E-state index contributed by atoms with van der Waals surface area (Å²) >= 11 is 11.7. The maximum atomic E-state index is 11.9. The van der Waals surface area contributed by atoms with Crippen LogP contribution in [0.4, 0.5) is 0 Å². The highest BCUT2D eigenvalue weighted by Gasteiger charge is 2.16. The molecular formula is C14H19Cl2N3O2. The molecule has 0 aromatic carbocycles. The van der Waals surface area contributed by atoms with Crippen LogP contribution < -0.4 is 5.32 Å². The van der Waals surface area contributed by atoms with Crippen molar-refractivity contribution >= 4 is 29.1 Å². The molecule has 116 valence electrons. The van der Waals surface area contributed by atoms with Gasteiger partial charge in [0.05, 0.1) is 11.1 Å². The quantitative estimate of drug-likeness (QED) is 0.639. The van der Waals surface area contributed by atoms with Crippen LogP contribution >= 0.6 is 23.2 Å². The molecule has 5 nitrogen and oxygen atoms in total. The number of carbonyl (C=O) groups is 1. The zero-order chi connectivity index (χ0) is 15.2. The number of hydrogen-bond donors (Lipinski definition) is 2. The standard InChI is InChI=1S/C14H19Cl2N3O2/c15-11-2-3-12(16)18-13(11)14(21)17-6-1-7-19-8-4-10(20)5-9-19/h2-3,10,20H,1,4-9H2,(H,17,21). The minimum Gasteiger partial charge on any atom is -0.393 e. The summed E-state index contributed by atoms with van der Waals surface area (Å²) < 4.78 is 0. The molecule has 0 atom stereocenters. The Morgan fingerprint density at radius 3 is 2.81 bits per heavy atom. The van der Waals surface area contributed by atoms with Gasteiger partial charge in [0.25, 0.3) is 5.91 Å². The molecule has 1 saturated heterocycles. The van der Waals surface area contributed by atoms with Gasteiger partial charge in [-0.05, 0) is 37.9 Å². The third kappa shape index (κ3) is 5.11. The second-order valence-electron chi connectivity index (χ2n) is 5.15. The Kier molecular flexibility index (Phi) is 6.23. The van der Waals surface area contributed by atoms with Crippen LogP contribution in [0.3, 0.4) is 0 Å². The molecule has 0 aliphatic carbocycles. The second-order valence-corrected chi connectivity index (χ2v) is 5.94. The van der Waals surface area contributed by atoms with E-state index in [2.05, 4.69) is 15.2 Å². The Balaban J connectivity index is 1.71. The van der Waals surface area contributed by atoms with Crippen molar-refractivity contribution in [3.8, 4) is 0 Å². The first kappa shape index (κ1) is 16.5. The van der Waals surface area contributed by atoms with Crippen LogP contribution in [0.5, 0.6) is 0 Å². The average Bonchev–Trinajstić information content (AvgIpc) is 2.47. The lowest BCUT2D eigenvalue weighted by atomic mass is 10.1. The first-order chi connectivity index (χ1) is 10.1. The number of nitrogens with one attached hydrogen (secondary N) is 1. The average molecular weight is 332 g/mol. The largest absolute Gasteiger partial charge is 0.393 e. The second kappa shape index (κ2) is 7.94. The Bertz CT molecular complexity index is 491. The lowest BCUT2D eigenvalue weighted by Crippen LogP contribution is -2.37. The fraction of sp³-hybridized carbons (Fsp3) is 0.571. The molecule has 1 aliphatic rings. The number of piperidine rings is 1. The number of likely N-dealkylation sites (tertiary alicyclic amines) is 1. The van der Waals surface area contributed by atoms with Crippen LogP contribution in [0.2, 0.25) is 10.2 Å². The van der Waals surface area contributed by atoms with Crippen molar-refractivity contribution in [1.29, 1.82) is 0 Å². The molecule has 1 aromatic rings. The molecule has 21 heavy (non-hydrogen) atoms. The summed E-state index contributed by atoms with van der Waals surface area (Å²) in [6, 6.07) is 3.11. The van der Waals surface area contributed by atoms with Crippen LogP contribution in [0.1, 0.15) is 29.8 Å². The molecule has 2 heterocycles. The normalized spacial score (nSPS) is 16.9. The van der Waals surface area contributed by atoms with E-state index in [-0.39, 0.29) is 22.9 Å². The lowest BCUT2D eigenvalue weighted by Gasteiger charge is -2.29. The molecule has 0 spiro atoms. The van der Waals surface area contributed by atoms with Crippen LogP contribution in [0, 0.1) is 0 Å². The fourth-order valence-corrected chi connectivity index (χ4v) is 2.65. The van der Waals surface area contributed by atoms with Gasteiger partial charge in [-0.15, -0.1) is 0 Å². The summed E-state index contributed by atoms with van der Waals surface area (Å²) in [5, 5.41) is 12.8. The SMILES string of the molecule is O=C(NCCCN1CCC(O)CC1)c1nc(Cl)ccc1Cl. The topological polar surface area (TPSA) is 65.5 Å². The molecule has 1 amide bonds. The number of nitrogens with zero attached hydrogens (tertiary/aromatic N) is 2. The van der Waals surface area contributed by atoms with Crippen molar-refractivity contribution in [2.24, 2.45) is 0 Å². The van der Waals surface area contributed by atoms with Crippen LogP contribution in [0.25, 0.3) is 0 Å². The van der Waals surface area contributed by atoms with Gasteiger partial charge in [0, 0.05) is 19.6 Å². The van der Waals surface area contributed by atoms with Crippen LogP contribution in [0.15, 0.2) is 12.1 Å². The molecule has 0 saturated carbocycles. The van der Waals surface area contributed by atoms with Gasteiger partial charge in [-0.3, -0.25) is 4.79 Å². The summed E-state index contributed by atoms with van der Waals surface area (Å²) in [7, 11) is 0. The van der Waals surface area contributed by atoms with E-state index in [1.807, 2.05) is 0 Å². The number of hydrogen-bond acceptors (Lipinski definition) is 4. The number of aliphatic hydroxyl groups excluding tert-OH is 1. The number of halogens is 2. The third-order valence-electron chi connectivity index (χ3n) is 3.52. The number of rotatable bonds is 5. The van der Waals surface area contributed by atoms with Crippen molar-refractivity contribution in [2.45, 2.75) is 25.4 Å². The molecule has 1 aliphatic heterocycles. The maximum absolute atomic E-state index is 11.9. The highest BCUT2D eigenvalue weighted by atomic mass is 35.5. The van der Waals surface area contributed by atoms with Crippen molar-refractivity contribution in [1.82, 2.24) is 15.2 Å². The maximum Gasteiger partial charge on any atom is 0.271 e. The predicted octanol–water partition coefficient (Wildman–Crippen LogP) is 1.96. The van der Waals surface area contributed by atoms with E-state index < -0.39 is 0 Å². The predicted molar refractivity (Wildman–Crippen MR) is 82.9 cm³/mol. The highest BCUT2D eigenvalue weighted by Crippen LogP contribution is 2.16. The molecule has 1 fully saturated rings. The zero-order valence-electron chi connectivity index (χ0n) is 11.7. The molecular weight excluding hydrogens is 313 g/mol. The summed E-state index contributed by atoms with van der Waals surface area (Å²) in [5.74, 6) is -0.309. The fourth-order valence-electron chi connectivity index (χ4n) is 2.31. The van der Waals surface area contributed by atoms with Crippen LogP contribution in [-0.2, 0) is 0 Å². The van der Waals surface area contributed by atoms with Crippen molar-refractivity contribution in [3.63, 3.8) is 0 Å². The first-order valence-corrected chi connectivity index (χ1v) is 7.82. The van der Waals surface area contributed by atoms with Gasteiger partial charge in [-0.25, -0.2) is 4.98 Å². The van der Waals surface area contributed by atoms with Gasteiger partial charge in [-0.2, -0.15) is 0 Å². The van der Waals surface area contributed by atoms with Gasteiger partial charge in [0.15, 0.2) is 0 Å². The van der Waals surface area contributed by atoms with E-state index in [1.165, 1.54) is 0 Å². The minimum atomic E-state index is -0.309. The van der Waals surface area contributed by atoms with Gasteiger partial charge in [0.1, 0.15) is 10.8 Å². The number of aromatic nitrogens is 1. The van der Waals surface area contributed by atoms with Crippen molar-refractivity contribution in [2.75, 3.05) is 26.2 Å². The zero-order valence-corrected chi connectivity index (χ0v) is 13.2. The van der Waals surface area contributed by atoms with Gasteiger partial charge in [-0.1, -0.05) is 23.2 Å². The Labute approximate surface area is 134 Å². The monoisotopic (exact) mass is 331 g/mol. The summed E-state index contributed by atoms with van der Waals surface area (Å²) in [4.78, 5) is 18.2. The van der Waals surface area contributed by atoms with Gasteiger partial charge < -0.3 is 15.3 Å². The number of carbonyl (C=O) groups excluding carboxylic acids is 1. The lowest BCUT2D eigenvalue weighted by molar-refractivity contribution is 0.0816. The molecule has 7 heteroatoms. The highest BCUT2D eigenvalue weighted by molar-refractivity contribution is 6.34. The smallest absolute Gasteiger partial charge is 0.271 e. The molecule has 1 aromatic heterocycles. The Morgan fingerprint density at radius 2 is 2.10 bits per heavy atom. The summed E-state index contributed by atoms with van der Waals surface area (Å²) in [5.41, 5.74) is 0.158. The first-order valence-electron chi connectivity index (χ1n) is 7.07. The Hall–Kier alpha value is -0.880. The number of amides is 1. The number of pyridine rings is 1. The van der Waals surface area contributed by atoms with E-state index in [0.717, 1.165) is 38.9 Å².